The lowest BCUT2D eigenvalue weighted by Gasteiger charge is -2.27. The van der Waals surface area contributed by atoms with Crippen LogP contribution in [0.15, 0.2) is 33.9 Å². The van der Waals surface area contributed by atoms with Crippen LogP contribution in [0.1, 0.15) is 22.7 Å². The van der Waals surface area contributed by atoms with Crippen molar-refractivity contribution in [3.63, 3.8) is 0 Å². The second-order valence-electron chi connectivity index (χ2n) is 4.64. The normalized spacial score (nSPS) is 17.1. The molecule has 4 N–H and O–H groups in total. The third-order valence-corrected chi connectivity index (χ3v) is 3.41. The van der Waals surface area contributed by atoms with Gasteiger partial charge in [0, 0.05) is 0 Å². The van der Waals surface area contributed by atoms with Gasteiger partial charge in [0.1, 0.15) is 5.82 Å². The maximum Gasteiger partial charge on any atom is 0.327 e. The molecule has 7 heteroatoms. The molecular weight excluding hydrogens is 276 g/mol. The molecule has 20 heavy (non-hydrogen) atoms. The summed E-state index contributed by atoms with van der Waals surface area (Å²) in [7, 11) is 0. The van der Waals surface area contributed by atoms with Crippen molar-refractivity contribution in [2.24, 2.45) is 0 Å². The largest absolute Gasteiger partial charge is 0.351 e. The lowest BCUT2D eigenvalue weighted by atomic mass is 9.98. The highest BCUT2D eigenvalue weighted by molar-refractivity contribution is 7.80. The number of benzene rings is 1. The van der Waals surface area contributed by atoms with Crippen LogP contribution >= 0.6 is 12.2 Å². The maximum atomic E-state index is 12.0. The van der Waals surface area contributed by atoms with Crippen molar-refractivity contribution in [3.05, 3.63) is 61.8 Å². The van der Waals surface area contributed by atoms with Crippen LogP contribution in [0.3, 0.4) is 0 Å². The zero-order valence-electron chi connectivity index (χ0n) is 10.6. The molecular formula is C13H12N4O2S. The Labute approximate surface area is 119 Å². The molecule has 0 radical (unpaired) electrons. The highest BCUT2D eigenvalue weighted by atomic mass is 32.1. The number of thiocarbonyl (C=S) groups is 1. The molecule has 0 saturated carbocycles. The lowest BCUT2D eigenvalue weighted by molar-refractivity contribution is 0.731. The molecule has 1 aromatic carbocycles. The molecule has 1 aromatic heterocycles. The first kappa shape index (κ1) is 12.6. The average molecular weight is 288 g/mol. The molecule has 3 rings (SSSR count). The summed E-state index contributed by atoms with van der Waals surface area (Å²) in [4.78, 5) is 28.2. The lowest BCUT2D eigenvalue weighted by Crippen LogP contribution is -2.44. The molecule has 2 heterocycles. The van der Waals surface area contributed by atoms with Gasteiger partial charge >= 0.3 is 5.69 Å². The second-order valence-corrected chi connectivity index (χ2v) is 5.05. The standard InChI is InChI=1S/C13H12N4O2S/c1-6-2-4-7(5-3-6)9-8-10(16-13(20)14-9)15-12(19)17-11(8)18/h2-5,9H,1H3,(H4,14,15,16,17,18,19,20). The summed E-state index contributed by atoms with van der Waals surface area (Å²) >= 11 is 5.11. The van der Waals surface area contributed by atoms with Crippen molar-refractivity contribution in [1.82, 2.24) is 15.3 Å². The Balaban J connectivity index is 2.19. The molecule has 1 atom stereocenters. The van der Waals surface area contributed by atoms with E-state index >= 15 is 0 Å². The number of fused-ring (bicyclic) bond motifs is 1. The van der Waals surface area contributed by atoms with Crippen LogP contribution in [0.4, 0.5) is 5.82 Å². The Bertz CT molecular complexity index is 791. The number of aryl methyl sites for hydroxylation is 1. The second kappa shape index (κ2) is 4.61. The first-order valence-electron chi connectivity index (χ1n) is 6.05. The van der Waals surface area contributed by atoms with Gasteiger partial charge in [0.25, 0.3) is 5.56 Å². The van der Waals surface area contributed by atoms with Crippen LogP contribution < -0.4 is 21.9 Å². The number of aromatic amines is 2. The van der Waals surface area contributed by atoms with Gasteiger partial charge < -0.3 is 10.6 Å². The Morgan fingerprint density at radius 2 is 1.80 bits per heavy atom. The quantitative estimate of drug-likeness (QED) is 0.582. The van der Waals surface area contributed by atoms with E-state index in [9.17, 15) is 9.59 Å². The third-order valence-electron chi connectivity index (χ3n) is 3.19. The van der Waals surface area contributed by atoms with Gasteiger partial charge in [-0.05, 0) is 24.7 Å². The van der Waals surface area contributed by atoms with E-state index in [4.69, 9.17) is 12.2 Å². The Morgan fingerprint density at radius 1 is 1.10 bits per heavy atom. The van der Waals surface area contributed by atoms with E-state index < -0.39 is 11.2 Å². The van der Waals surface area contributed by atoms with E-state index in [0.29, 0.717) is 16.5 Å². The highest BCUT2D eigenvalue weighted by Gasteiger charge is 2.27. The van der Waals surface area contributed by atoms with E-state index in [0.717, 1.165) is 11.1 Å². The van der Waals surface area contributed by atoms with Crippen molar-refractivity contribution in [2.75, 3.05) is 5.32 Å². The SMILES string of the molecule is Cc1ccc(C2NC(=S)Nc3[nH]c(=O)[nH]c(=O)c32)cc1. The smallest absolute Gasteiger partial charge is 0.327 e. The number of anilines is 1. The number of nitrogens with one attached hydrogen (secondary N) is 4. The third kappa shape index (κ3) is 2.12. The van der Waals surface area contributed by atoms with Crippen LogP contribution in [0, 0.1) is 6.92 Å². The minimum Gasteiger partial charge on any atom is -0.351 e. The van der Waals surface area contributed by atoms with Crippen LogP contribution in [0.5, 0.6) is 0 Å². The van der Waals surface area contributed by atoms with Gasteiger partial charge in [-0.25, -0.2) is 4.79 Å². The van der Waals surface area contributed by atoms with Gasteiger partial charge in [-0.3, -0.25) is 14.8 Å². The molecule has 6 nitrogen and oxygen atoms in total. The van der Waals surface area contributed by atoms with Crippen LogP contribution in [0.25, 0.3) is 0 Å². The van der Waals surface area contributed by atoms with Crippen LogP contribution in [0.2, 0.25) is 0 Å². The average Bonchev–Trinajstić information content (AvgIpc) is 2.37. The Morgan fingerprint density at radius 3 is 2.50 bits per heavy atom. The van der Waals surface area contributed by atoms with Gasteiger partial charge in [0.2, 0.25) is 0 Å². The summed E-state index contributed by atoms with van der Waals surface area (Å²) in [6, 6.07) is 7.38. The number of hydrogen-bond donors (Lipinski definition) is 4. The molecule has 0 spiro atoms. The molecule has 102 valence electrons. The van der Waals surface area contributed by atoms with Gasteiger partial charge in [-0.15, -0.1) is 0 Å². The minimum atomic E-state index is -0.561. The van der Waals surface area contributed by atoms with Gasteiger partial charge in [-0.2, -0.15) is 0 Å². The van der Waals surface area contributed by atoms with Crippen molar-refractivity contribution in [1.29, 1.82) is 0 Å². The summed E-state index contributed by atoms with van der Waals surface area (Å²) in [6.45, 7) is 1.99. The highest BCUT2D eigenvalue weighted by Crippen LogP contribution is 2.26. The number of hydrogen-bond acceptors (Lipinski definition) is 3. The van der Waals surface area contributed by atoms with Crippen molar-refractivity contribution in [2.45, 2.75) is 13.0 Å². The minimum absolute atomic E-state index is 0.341. The summed E-state index contributed by atoms with van der Waals surface area (Å²) in [5.41, 5.74) is 1.45. The van der Waals surface area contributed by atoms with E-state index in [1.807, 2.05) is 31.2 Å². The topological polar surface area (TPSA) is 89.8 Å². The van der Waals surface area contributed by atoms with E-state index in [-0.39, 0.29) is 6.04 Å². The number of rotatable bonds is 1. The van der Waals surface area contributed by atoms with E-state index in [2.05, 4.69) is 20.6 Å². The number of H-pyrrole nitrogens is 2. The van der Waals surface area contributed by atoms with E-state index in [1.54, 1.807) is 0 Å². The predicted molar refractivity (Wildman–Crippen MR) is 80.1 cm³/mol. The van der Waals surface area contributed by atoms with Gasteiger partial charge in [-0.1, -0.05) is 29.8 Å². The molecule has 0 fully saturated rings. The van der Waals surface area contributed by atoms with Gasteiger partial charge in [0.05, 0.1) is 11.6 Å². The maximum absolute atomic E-state index is 12.0. The summed E-state index contributed by atoms with van der Waals surface area (Å²) in [6.07, 6.45) is 0. The first-order valence-corrected chi connectivity index (χ1v) is 6.46. The van der Waals surface area contributed by atoms with Crippen molar-refractivity contribution in [3.8, 4) is 0 Å². The van der Waals surface area contributed by atoms with Gasteiger partial charge in [0.15, 0.2) is 5.11 Å². The van der Waals surface area contributed by atoms with Crippen LogP contribution in [-0.2, 0) is 0 Å². The molecule has 2 aromatic rings. The predicted octanol–water partition coefficient (Wildman–Crippen LogP) is 0.761. The van der Waals surface area contributed by atoms with Crippen molar-refractivity contribution >= 4 is 23.1 Å². The molecule has 0 amide bonds. The summed E-state index contributed by atoms with van der Waals surface area (Å²) in [5.74, 6) is 0.341. The van der Waals surface area contributed by atoms with E-state index in [1.165, 1.54) is 0 Å². The molecule has 0 aliphatic carbocycles. The molecule has 1 aliphatic rings. The van der Waals surface area contributed by atoms with Crippen molar-refractivity contribution < 1.29 is 0 Å². The molecule has 0 saturated heterocycles. The summed E-state index contributed by atoms with van der Waals surface area (Å²) < 4.78 is 0. The number of aromatic nitrogens is 2. The zero-order chi connectivity index (χ0) is 14.3. The molecule has 1 aliphatic heterocycles. The zero-order valence-corrected chi connectivity index (χ0v) is 11.4. The first-order chi connectivity index (χ1) is 9.54. The van der Waals surface area contributed by atoms with Crippen LogP contribution in [-0.4, -0.2) is 15.1 Å². The molecule has 0 bridgehead atoms. The molecule has 1 unspecified atom stereocenters. The fraction of sp³-hybridized carbons (Fsp3) is 0.154. The summed E-state index contributed by atoms with van der Waals surface area (Å²) in [5, 5.41) is 6.21. The monoisotopic (exact) mass is 288 g/mol. The fourth-order valence-electron chi connectivity index (χ4n) is 2.23. The fourth-order valence-corrected chi connectivity index (χ4v) is 2.45. The Kier molecular flexibility index (Phi) is 2.90. The Hall–Kier alpha value is -2.41.